The summed E-state index contributed by atoms with van der Waals surface area (Å²) in [6.45, 7) is 2.12. The fraction of sp³-hybridized carbons (Fsp3) is 0.143. The first-order valence-electron chi connectivity index (χ1n) is 8.10. The van der Waals surface area contributed by atoms with Crippen LogP contribution in [0.3, 0.4) is 0 Å². The third-order valence-electron chi connectivity index (χ3n) is 3.74. The molecule has 0 bridgehead atoms. The Morgan fingerprint density at radius 3 is 2.73 bits per heavy atom. The Labute approximate surface area is 166 Å². The SMILES string of the molecule is CC(=O)/C=C(\O)CNCc1cc2ccccc2c(-c2[c-]cccc2)n1.[Ir]. The minimum atomic E-state index is -0.176. The molecule has 2 aromatic carbocycles. The Hall–Kier alpha value is -2.33. The Balaban J connectivity index is 0.00000243. The molecule has 1 aromatic heterocycles. The number of ketones is 1. The van der Waals surface area contributed by atoms with E-state index in [1.807, 2.05) is 42.5 Å². The predicted octanol–water partition coefficient (Wildman–Crippen LogP) is 3.82. The number of carbonyl (C=O) groups excluding carboxylic acids is 1. The molecule has 135 valence electrons. The minimum Gasteiger partial charge on any atom is -0.511 e. The molecule has 0 saturated carbocycles. The summed E-state index contributed by atoms with van der Waals surface area (Å²) in [5.41, 5.74) is 2.69. The first-order valence-corrected chi connectivity index (χ1v) is 8.10. The molecule has 1 radical (unpaired) electrons. The van der Waals surface area contributed by atoms with Crippen molar-refractivity contribution >= 4 is 16.6 Å². The van der Waals surface area contributed by atoms with Gasteiger partial charge in [0.15, 0.2) is 5.78 Å². The van der Waals surface area contributed by atoms with E-state index < -0.39 is 0 Å². The van der Waals surface area contributed by atoms with Crippen LogP contribution in [0.15, 0.2) is 66.4 Å². The molecular formula is C21H19IrN2O2-. The topological polar surface area (TPSA) is 62.2 Å². The van der Waals surface area contributed by atoms with Crippen LogP contribution in [0.4, 0.5) is 0 Å². The van der Waals surface area contributed by atoms with E-state index in [-0.39, 0.29) is 38.2 Å². The molecule has 26 heavy (non-hydrogen) atoms. The zero-order chi connectivity index (χ0) is 17.6. The van der Waals surface area contributed by atoms with Crippen LogP contribution in [0.25, 0.3) is 22.0 Å². The fourth-order valence-electron chi connectivity index (χ4n) is 2.69. The van der Waals surface area contributed by atoms with E-state index in [1.165, 1.54) is 13.0 Å². The second-order valence-corrected chi connectivity index (χ2v) is 5.81. The molecule has 0 unspecified atom stereocenters. The van der Waals surface area contributed by atoms with E-state index in [2.05, 4.69) is 23.5 Å². The maximum absolute atomic E-state index is 11.0. The summed E-state index contributed by atoms with van der Waals surface area (Å²) < 4.78 is 0. The van der Waals surface area contributed by atoms with Crippen molar-refractivity contribution in [2.24, 2.45) is 0 Å². The maximum atomic E-state index is 11.0. The Kier molecular flexibility index (Phi) is 7.22. The van der Waals surface area contributed by atoms with Crippen LogP contribution < -0.4 is 5.32 Å². The van der Waals surface area contributed by atoms with E-state index in [9.17, 15) is 9.90 Å². The number of benzene rings is 2. The summed E-state index contributed by atoms with van der Waals surface area (Å²) in [4.78, 5) is 15.7. The number of nitrogens with zero attached hydrogens (tertiary/aromatic N) is 1. The fourth-order valence-corrected chi connectivity index (χ4v) is 2.69. The largest absolute Gasteiger partial charge is 0.511 e. The molecule has 2 N–H and O–H groups in total. The van der Waals surface area contributed by atoms with E-state index in [1.54, 1.807) is 0 Å². The molecule has 0 aliphatic heterocycles. The van der Waals surface area contributed by atoms with Crippen LogP contribution in [-0.2, 0) is 31.4 Å². The number of rotatable bonds is 6. The second kappa shape index (κ2) is 9.39. The molecule has 0 spiro atoms. The van der Waals surface area contributed by atoms with Gasteiger partial charge in [-0.1, -0.05) is 24.3 Å². The van der Waals surface area contributed by atoms with E-state index in [0.29, 0.717) is 6.54 Å². The first-order chi connectivity index (χ1) is 12.1. The van der Waals surface area contributed by atoms with Crippen molar-refractivity contribution in [3.63, 3.8) is 0 Å². The smallest absolute Gasteiger partial charge is 0.155 e. The number of aliphatic hydroxyl groups is 1. The Morgan fingerprint density at radius 2 is 2.00 bits per heavy atom. The Morgan fingerprint density at radius 1 is 1.23 bits per heavy atom. The van der Waals surface area contributed by atoms with Crippen molar-refractivity contribution < 1.29 is 30.0 Å². The molecule has 0 aliphatic carbocycles. The van der Waals surface area contributed by atoms with Gasteiger partial charge in [-0.2, -0.15) is 0 Å². The predicted molar refractivity (Wildman–Crippen MR) is 99.1 cm³/mol. The van der Waals surface area contributed by atoms with Crippen LogP contribution >= 0.6 is 0 Å². The number of hydrogen-bond donors (Lipinski definition) is 2. The number of aromatic nitrogens is 1. The zero-order valence-corrected chi connectivity index (χ0v) is 16.7. The third kappa shape index (κ3) is 5.08. The molecule has 3 rings (SSSR count). The average molecular weight is 524 g/mol. The van der Waals surface area contributed by atoms with Gasteiger partial charge >= 0.3 is 0 Å². The molecule has 5 heteroatoms. The summed E-state index contributed by atoms with van der Waals surface area (Å²) >= 11 is 0. The third-order valence-corrected chi connectivity index (χ3v) is 3.74. The van der Waals surface area contributed by atoms with Gasteiger partial charge < -0.3 is 10.4 Å². The zero-order valence-electron chi connectivity index (χ0n) is 14.3. The number of carbonyl (C=O) groups is 1. The van der Waals surface area contributed by atoms with Gasteiger partial charge in [0.25, 0.3) is 0 Å². The molecular weight excluding hydrogens is 504 g/mol. The molecule has 0 saturated heterocycles. The molecule has 4 nitrogen and oxygen atoms in total. The van der Waals surface area contributed by atoms with E-state index in [4.69, 9.17) is 4.98 Å². The summed E-state index contributed by atoms with van der Waals surface area (Å²) in [6, 6.07) is 21.1. The quantitative estimate of drug-likeness (QED) is 0.293. The molecule has 0 atom stereocenters. The minimum absolute atomic E-state index is 0. The van der Waals surface area contributed by atoms with Crippen LogP contribution in [0, 0.1) is 6.07 Å². The second-order valence-electron chi connectivity index (χ2n) is 5.81. The summed E-state index contributed by atoms with van der Waals surface area (Å²) in [5, 5.41) is 14.9. The van der Waals surface area contributed by atoms with Crippen LogP contribution in [0.2, 0.25) is 0 Å². The van der Waals surface area contributed by atoms with Gasteiger partial charge in [-0.25, -0.2) is 0 Å². The van der Waals surface area contributed by atoms with Gasteiger partial charge in [0, 0.05) is 38.4 Å². The van der Waals surface area contributed by atoms with Gasteiger partial charge in [0.05, 0.1) is 6.54 Å². The number of aliphatic hydroxyl groups excluding tert-OH is 1. The van der Waals surface area contributed by atoms with Gasteiger partial charge in [-0.15, -0.1) is 35.9 Å². The van der Waals surface area contributed by atoms with E-state index in [0.717, 1.165) is 27.7 Å². The molecule has 1 heterocycles. The van der Waals surface area contributed by atoms with E-state index >= 15 is 0 Å². The normalized spacial score (nSPS) is 11.2. The summed E-state index contributed by atoms with van der Waals surface area (Å²) in [7, 11) is 0. The average Bonchev–Trinajstić information content (AvgIpc) is 2.61. The first kappa shape index (κ1) is 20.0. The van der Waals surface area contributed by atoms with Gasteiger partial charge in [-0.3, -0.25) is 9.78 Å². The number of nitrogens with one attached hydrogen (secondary N) is 1. The summed E-state index contributed by atoms with van der Waals surface area (Å²) in [6.07, 6.45) is 1.21. The van der Waals surface area contributed by atoms with Crippen molar-refractivity contribution in [3.05, 3.63) is 78.2 Å². The van der Waals surface area contributed by atoms with Crippen molar-refractivity contribution in [3.8, 4) is 11.3 Å². The number of pyridine rings is 1. The van der Waals surface area contributed by atoms with Crippen LogP contribution in [-0.4, -0.2) is 22.4 Å². The van der Waals surface area contributed by atoms with Crippen molar-refractivity contribution in [2.45, 2.75) is 13.5 Å². The molecule has 3 aromatic rings. The standard InChI is InChI=1S/C21H19N2O2.Ir/c1-15(24)11-19(25)14-22-13-18-12-17-9-5-6-10-20(17)21(23-18)16-7-3-2-4-8-16;/h2-7,9-12,22,25H,13-14H2,1H3;/q-1;/b19-11-;. The van der Waals surface area contributed by atoms with Crippen molar-refractivity contribution in [1.82, 2.24) is 10.3 Å². The monoisotopic (exact) mass is 524 g/mol. The maximum Gasteiger partial charge on any atom is 0.155 e. The molecule has 0 fully saturated rings. The molecule has 0 aliphatic rings. The van der Waals surface area contributed by atoms with Crippen molar-refractivity contribution in [1.29, 1.82) is 0 Å². The molecule has 0 amide bonds. The Bertz CT molecular complexity index is 924. The van der Waals surface area contributed by atoms with Crippen LogP contribution in [0.5, 0.6) is 0 Å². The van der Waals surface area contributed by atoms with Gasteiger partial charge in [0.2, 0.25) is 0 Å². The number of hydrogen-bond acceptors (Lipinski definition) is 4. The van der Waals surface area contributed by atoms with Crippen LogP contribution in [0.1, 0.15) is 12.6 Å². The number of fused-ring (bicyclic) bond motifs is 1. The number of allylic oxidation sites excluding steroid dienone is 1. The summed E-state index contributed by atoms with van der Waals surface area (Å²) in [5.74, 6) is -0.157. The van der Waals surface area contributed by atoms with Crippen molar-refractivity contribution in [2.75, 3.05) is 6.54 Å². The van der Waals surface area contributed by atoms with Gasteiger partial charge in [-0.05, 0) is 29.5 Å². The van der Waals surface area contributed by atoms with Gasteiger partial charge in [0.1, 0.15) is 5.76 Å².